The fraction of sp³-hybridized carbons (Fsp3) is 1.00. The van der Waals surface area contributed by atoms with Crippen molar-refractivity contribution in [3.05, 3.63) is 0 Å². The number of quaternary nitrogens is 1. The van der Waals surface area contributed by atoms with E-state index < -0.39 is 0 Å². The van der Waals surface area contributed by atoms with Crippen molar-refractivity contribution < 1.29 is 10.2 Å². The fourth-order valence-corrected chi connectivity index (χ4v) is 0. The summed E-state index contributed by atoms with van der Waals surface area (Å²) in [5.74, 6) is 0. The van der Waals surface area contributed by atoms with Crippen LogP contribution in [0.2, 0.25) is 0 Å². The minimum absolute atomic E-state index is 0. The lowest BCUT2D eigenvalue weighted by atomic mass is 10.8. The van der Waals surface area contributed by atoms with Gasteiger partial charge in [-0.05, 0) is 0 Å². The van der Waals surface area contributed by atoms with Gasteiger partial charge in [0, 0.05) is 0 Å². The number of aliphatic hydroxyl groups is 2. The summed E-state index contributed by atoms with van der Waals surface area (Å²) in [7, 11) is 0. The summed E-state index contributed by atoms with van der Waals surface area (Å²) in [4.78, 5) is 0. The van der Waals surface area contributed by atoms with Gasteiger partial charge < -0.3 is 16.4 Å². The predicted octanol–water partition coefficient (Wildman–Crippen LogP) is -0.653. The van der Waals surface area contributed by atoms with Crippen molar-refractivity contribution in [1.29, 1.82) is 0 Å². The molecule has 0 heterocycles. The molecule has 0 aromatic carbocycles. The van der Waals surface area contributed by atoms with Gasteiger partial charge in [0.1, 0.15) is 0 Å². The highest BCUT2D eigenvalue weighted by Crippen LogP contribution is 1.39. The van der Waals surface area contributed by atoms with Crippen LogP contribution in [0.25, 0.3) is 0 Å². The van der Waals surface area contributed by atoms with Crippen LogP contribution in [-0.4, -0.2) is 23.4 Å². The van der Waals surface area contributed by atoms with Gasteiger partial charge in [0.15, 0.2) is 0 Å². The van der Waals surface area contributed by atoms with Gasteiger partial charge in [-0.3, -0.25) is 0 Å². The maximum absolute atomic E-state index is 7.62. The Balaban J connectivity index is 0. The smallest absolute Gasteiger partial charge is 0.0662 e. The molecule has 6 N–H and O–H groups in total. The lowest BCUT2D eigenvalue weighted by Gasteiger charge is -1.70. The van der Waals surface area contributed by atoms with E-state index in [4.69, 9.17) is 10.2 Å². The van der Waals surface area contributed by atoms with Crippen molar-refractivity contribution in [2.24, 2.45) is 0 Å². The van der Waals surface area contributed by atoms with Gasteiger partial charge in [-0.2, -0.15) is 0 Å². The Labute approximate surface area is 30.8 Å². The summed E-state index contributed by atoms with van der Waals surface area (Å²) >= 11 is 0. The molecule has 0 bridgehead atoms. The molecular weight excluding hydrogens is 70.0 g/mol. The van der Waals surface area contributed by atoms with Gasteiger partial charge >= 0.3 is 0 Å². The molecule has 0 aliphatic rings. The largest absolute Gasteiger partial charge is 0.394 e. The molecule has 0 unspecified atom stereocenters. The van der Waals surface area contributed by atoms with Crippen molar-refractivity contribution >= 4 is 0 Å². The first-order valence-corrected chi connectivity index (χ1v) is 1.13. The summed E-state index contributed by atoms with van der Waals surface area (Å²) < 4.78 is 0. The summed E-state index contributed by atoms with van der Waals surface area (Å²) in [6, 6.07) is 0. The minimum atomic E-state index is -0.125. The maximum atomic E-state index is 7.62. The molecule has 0 aromatic rings. The first kappa shape index (κ1) is 8.86. The van der Waals surface area contributed by atoms with Gasteiger partial charge in [0.25, 0.3) is 0 Å². The standard InChI is InChI=1S/C2H6O2.H3N/c3-1-2-4;/h3-4H,1-2H2;1H3/p+1. The van der Waals surface area contributed by atoms with E-state index >= 15 is 0 Å². The van der Waals surface area contributed by atoms with Crippen LogP contribution >= 0.6 is 0 Å². The Morgan fingerprint density at radius 2 is 1.20 bits per heavy atom. The van der Waals surface area contributed by atoms with E-state index in [-0.39, 0.29) is 19.4 Å². The molecular formula is C2H10NO2+. The minimum Gasteiger partial charge on any atom is -0.394 e. The molecule has 0 saturated carbocycles. The third-order valence-corrected chi connectivity index (χ3v) is 0.1000. The van der Waals surface area contributed by atoms with Crippen LogP contribution in [0, 0.1) is 0 Å². The van der Waals surface area contributed by atoms with Crippen LogP contribution in [0.4, 0.5) is 0 Å². The van der Waals surface area contributed by atoms with Crippen LogP contribution in [0.5, 0.6) is 0 Å². The topological polar surface area (TPSA) is 77.0 Å². The van der Waals surface area contributed by atoms with Crippen LogP contribution in [0.1, 0.15) is 0 Å². The van der Waals surface area contributed by atoms with Crippen molar-refractivity contribution in [1.82, 2.24) is 6.15 Å². The quantitative estimate of drug-likeness (QED) is 0.391. The molecule has 0 aliphatic heterocycles. The lowest BCUT2D eigenvalue weighted by Crippen LogP contribution is -1.85. The second-order valence-electron chi connectivity index (χ2n) is 0.447. The molecule has 34 valence electrons. The van der Waals surface area contributed by atoms with Gasteiger partial charge in [0.2, 0.25) is 0 Å². The summed E-state index contributed by atoms with van der Waals surface area (Å²) in [5, 5.41) is 15.2. The first-order valence-electron chi connectivity index (χ1n) is 1.13. The van der Waals surface area contributed by atoms with Crippen LogP contribution < -0.4 is 6.15 Å². The Kier molecular flexibility index (Phi) is 16.1. The molecule has 0 amide bonds. The summed E-state index contributed by atoms with van der Waals surface area (Å²) in [5.41, 5.74) is 0. The average Bonchev–Trinajstić information content (AvgIpc) is 1.37. The highest BCUT2D eigenvalue weighted by atomic mass is 16.3. The van der Waals surface area contributed by atoms with E-state index in [2.05, 4.69) is 0 Å². The summed E-state index contributed by atoms with van der Waals surface area (Å²) in [6.07, 6.45) is 0. The van der Waals surface area contributed by atoms with Crippen molar-refractivity contribution in [2.45, 2.75) is 0 Å². The SMILES string of the molecule is OCCO.[NH4+]. The zero-order chi connectivity index (χ0) is 3.41. The Morgan fingerprint density at radius 3 is 1.20 bits per heavy atom. The highest BCUT2D eigenvalue weighted by molar-refractivity contribution is 4.06. The Bertz CT molecular complexity index is 9.61. The van der Waals surface area contributed by atoms with E-state index in [9.17, 15) is 0 Å². The molecule has 0 fully saturated rings. The molecule has 0 rings (SSSR count). The molecule has 3 heteroatoms. The number of rotatable bonds is 1. The zero-order valence-electron chi connectivity index (χ0n) is 3.31. The third kappa shape index (κ3) is 17.7. The molecule has 0 aromatic heterocycles. The molecule has 0 aliphatic carbocycles. The zero-order valence-corrected chi connectivity index (χ0v) is 3.31. The third-order valence-electron chi connectivity index (χ3n) is 0.1000. The number of hydrogen-bond donors (Lipinski definition) is 3. The van der Waals surface area contributed by atoms with Gasteiger partial charge in [-0.1, -0.05) is 0 Å². The Morgan fingerprint density at radius 1 is 1.00 bits per heavy atom. The Hall–Kier alpha value is -0.120. The second kappa shape index (κ2) is 9.11. The number of aliphatic hydroxyl groups excluding tert-OH is 2. The molecule has 3 nitrogen and oxygen atoms in total. The van der Waals surface area contributed by atoms with E-state index in [1.807, 2.05) is 0 Å². The lowest BCUT2D eigenvalue weighted by molar-refractivity contribution is 0.186. The predicted molar refractivity (Wildman–Crippen MR) is 20.2 cm³/mol. The molecule has 5 heavy (non-hydrogen) atoms. The summed E-state index contributed by atoms with van der Waals surface area (Å²) in [6.45, 7) is -0.250. The van der Waals surface area contributed by atoms with E-state index in [0.29, 0.717) is 0 Å². The van der Waals surface area contributed by atoms with Crippen molar-refractivity contribution in [2.75, 3.05) is 13.2 Å². The van der Waals surface area contributed by atoms with E-state index in [1.165, 1.54) is 0 Å². The molecule has 0 radical (unpaired) electrons. The highest BCUT2D eigenvalue weighted by Gasteiger charge is 1.58. The fourth-order valence-electron chi connectivity index (χ4n) is 0. The molecule has 0 atom stereocenters. The first-order chi connectivity index (χ1) is 1.91. The molecule has 0 spiro atoms. The maximum Gasteiger partial charge on any atom is 0.0662 e. The van der Waals surface area contributed by atoms with E-state index in [0.717, 1.165) is 0 Å². The van der Waals surface area contributed by atoms with Crippen LogP contribution in [0.3, 0.4) is 0 Å². The van der Waals surface area contributed by atoms with Gasteiger partial charge in [0.05, 0.1) is 13.2 Å². The van der Waals surface area contributed by atoms with Gasteiger partial charge in [-0.15, -0.1) is 0 Å². The normalized spacial score (nSPS) is 6.00. The van der Waals surface area contributed by atoms with Crippen molar-refractivity contribution in [3.63, 3.8) is 0 Å². The molecule has 0 saturated heterocycles. The number of hydrogen-bond acceptors (Lipinski definition) is 2. The average molecular weight is 80.1 g/mol. The monoisotopic (exact) mass is 80.1 g/mol. The van der Waals surface area contributed by atoms with E-state index in [1.54, 1.807) is 0 Å². The van der Waals surface area contributed by atoms with Gasteiger partial charge in [-0.25, -0.2) is 0 Å². The van der Waals surface area contributed by atoms with Crippen LogP contribution in [0.15, 0.2) is 0 Å². The van der Waals surface area contributed by atoms with Crippen molar-refractivity contribution in [3.8, 4) is 0 Å². The second-order valence-corrected chi connectivity index (χ2v) is 0.447. The van der Waals surface area contributed by atoms with Crippen LogP contribution in [-0.2, 0) is 0 Å².